The van der Waals surface area contributed by atoms with E-state index in [0.29, 0.717) is 73.4 Å². The number of fused-ring (bicyclic) bond motifs is 7. The first kappa shape index (κ1) is 38.8. The van der Waals surface area contributed by atoms with Crippen LogP contribution in [-0.2, 0) is 14.6 Å². The molecule has 0 aromatic heterocycles. The highest BCUT2D eigenvalue weighted by Gasteiger charge is 2.70. The number of aliphatic hydroxyl groups is 1. The van der Waals surface area contributed by atoms with Crippen molar-refractivity contribution in [3.05, 3.63) is 35.5 Å². The molecule has 6 aliphatic carbocycles. The number of allylic oxidation sites excluding steroid dienone is 5. The lowest BCUT2D eigenvalue weighted by atomic mass is 9.33. The van der Waals surface area contributed by atoms with Crippen LogP contribution in [0.2, 0.25) is 0 Å². The van der Waals surface area contributed by atoms with E-state index in [-0.39, 0.29) is 33.8 Å². The van der Waals surface area contributed by atoms with Gasteiger partial charge in [-0.1, -0.05) is 58.9 Å². The Kier molecular flexibility index (Phi) is 9.94. The van der Waals surface area contributed by atoms with Gasteiger partial charge in [-0.05, 0) is 153 Å². The van der Waals surface area contributed by atoms with Crippen molar-refractivity contribution in [3.8, 4) is 0 Å². The highest BCUT2D eigenvalue weighted by atomic mass is 32.2. The largest absolute Gasteiger partial charge is 0.481 e. The second-order valence-corrected chi connectivity index (χ2v) is 22.6. The molecule has 0 spiro atoms. The van der Waals surface area contributed by atoms with Crippen LogP contribution in [0.4, 0.5) is 0 Å². The number of sulfone groups is 1. The molecule has 10 atom stereocenters. The van der Waals surface area contributed by atoms with Crippen LogP contribution < -0.4 is 5.32 Å². The summed E-state index contributed by atoms with van der Waals surface area (Å²) in [7, 11) is -2.87. The summed E-state index contributed by atoms with van der Waals surface area (Å²) >= 11 is 0. The number of aliphatic hydroxyl groups excluding tert-OH is 1. The SMILES string of the molecule is C=C(C)[C@@H]1CC[C@]2(NCCN3CCS(=O)(=O)CC3)CC[C@]3(C)[C@H](CC[C@@H]4[C@@]5(C)CC=C(C6=CCC(CCO)(C(=O)O)CC6)C(C)(C)[C@@H]5CC[C@]43C)[C@@H]12. The van der Waals surface area contributed by atoms with E-state index in [0.717, 1.165) is 25.9 Å². The van der Waals surface area contributed by atoms with Crippen LogP contribution in [0.25, 0.3) is 0 Å². The van der Waals surface area contributed by atoms with Crippen LogP contribution in [-0.4, -0.2) is 79.3 Å². The number of nitrogens with zero attached hydrogens (tertiary/aromatic N) is 1. The Morgan fingerprint density at radius 2 is 1.65 bits per heavy atom. The average molecular weight is 739 g/mol. The molecular formula is C44H70N2O5S. The minimum absolute atomic E-state index is 0.0266. The third kappa shape index (κ3) is 5.88. The number of nitrogens with one attached hydrogen (secondary N) is 1. The zero-order valence-electron chi connectivity index (χ0n) is 33.4. The molecule has 1 saturated heterocycles. The molecule has 1 unspecified atom stereocenters. The molecule has 7 aliphatic rings. The van der Waals surface area contributed by atoms with Crippen molar-refractivity contribution in [1.29, 1.82) is 0 Å². The van der Waals surface area contributed by atoms with Gasteiger partial charge in [0, 0.05) is 38.3 Å². The number of rotatable bonds is 9. The van der Waals surface area contributed by atoms with Crippen LogP contribution in [0, 0.1) is 56.7 Å². The van der Waals surface area contributed by atoms with E-state index in [4.69, 9.17) is 0 Å². The first-order valence-corrected chi connectivity index (χ1v) is 22.8. The lowest BCUT2D eigenvalue weighted by molar-refractivity contribution is -0.221. The summed E-state index contributed by atoms with van der Waals surface area (Å²) in [5, 5.41) is 23.9. The van der Waals surface area contributed by atoms with Gasteiger partial charge in [0.1, 0.15) is 0 Å². The topological polar surface area (TPSA) is 107 Å². The maximum absolute atomic E-state index is 12.3. The standard InChI is InChI=1S/C44H70N2O5S/c1-30(2)32-12-19-44(45-23-24-46-25-28-52(50,51)29-26-46)21-20-41(6)34(37(32)44)8-9-36-40(5)15-13-33(39(3,4)35(40)14-16-42(36,41)7)31-10-17-43(18-11-31,22-27-47)38(48)49/h10,13,32,34-37,45,47H,1,8-9,11-12,14-29H2,2-7H3,(H,48,49)/t32-,34+,35-,36+,37+,40-,41+,42+,43?,44-/m0/s1. The molecule has 0 aromatic carbocycles. The number of aliphatic carboxylic acids is 1. The van der Waals surface area contributed by atoms with Gasteiger partial charge in [0.05, 0.1) is 16.9 Å². The normalized spacial score (nSPS) is 45.4. The van der Waals surface area contributed by atoms with E-state index in [1.165, 1.54) is 68.1 Å². The molecule has 3 N–H and O–H groups in total. The summed E-state index contributed by atoms with van der Waals surface area (Å²) in [6.45, 7) is 23.0. The summed E-state index contributed by atoms with van der Waals surface area (Å²) < 4.78 is 24.1. The highest BCUT2D eigenvalue weighted by molar-refractivity contribution is 7.91. The monoisotopic (exact) mass is 739 g/mol. The highest BCUT2D eigenvalue weighted by Crippen LogP contribution is 2.76. The number of hydrogen-bond donors (Lipinski definition) is 3. The van der Waals surface area contributed by atoms with Gasteiger partial charge in [-0.15, -0.1) is 0 Å². The minimum atomic E-state index is -2.87. The van der Waals surface area contributed by atoms with E-state index in [1.54, 1.807) is 0 Å². The summed E-state index contributed by atoms with van der Waals surface area (Å²) in [5.74, 6) is 2.91. The predicted octanol–water partition coefficient (Wildman–Crippen LogP) is 7.82. The van der Waals surface area contributed by atoms with E-state index in [1.807, 2.05) is 0 Å². The van der Waals surface area contributed by atoms with Crippen molar-refractivity contribution in [2.45, 2.75) is 131 Å². The Morgan fingerprint density at radius 1 is 0.923 bits per heavy atom. The van der Waals surface area contributed by atoms with Gasteiger partial charge in [0.15, 0.2) is 9.84 Å². The molecule has 7 rings (SSSR count). The molecule has 0 amide bonds. The van der Waals surface area contributed by atoms with Crippen molar-refractivity contribution < 1.29 is 23.4 Å². The summed E-state index contributed by atoms with van der Waals surface area (Å²) in [6.07, 6.45) is 18.2. The third-order valence-corrected chi connectivity index (χ3v) is 19.6. The fourth-order valence-electron chi connectivity index (χ4n) is 14.9. The first-order chi connectivity index (χ1) is 24.4. The molecule has 8 heteroatoms. The van der Waals surface area contributed by atoms with Crippen molar-refractivity contribution >= 4 is 15.8 Å². The van der Waals surface area contributed by atoms with Crippen molar-refractivity contribution in [2.24, 2.45) is 56.7 Å². The third-order valence-electron chi connectivity index (χ3n) is 18.0. The number of hydrogen-bond acceptors (Lipinski definition) is 6. The lowest BCUT2D eigenvalue weighted by Crippen LogP contribution is -2.68. The summed E-state index contributed by atoms with van der Waals surface area (Å²) in [4.78, 5) is 14.6. The second kappa shape index (κ2) is 13.3. The molecule has 0 radical (unpaired) electrons. The van der Waals surface area contributed by atoms with E-state index >= 15 is 0 Å². The average Bonchev–Trinajstić information content (AvgIpc) is 3.46. The van der Waals surface area contributed by atoms with Crippen LogP contribution in [0.5, 0.6) is 0 Å². The molecular weight excluding hydrogens is 669 g/mol. The molecule has 0 aromatic rings. The van der Waals surface area contributed by atoms with Gasteiger partial charge in [-0.2, -0.15) is 0 Å². The Labute approximate surface area is 315 Å². The first-order valence-electron chi connectivity index (χ1n) is 21.0. The van der Waals surface area contributed by atoms with Gasteiger partial charge < -0.3 is 20.4 Å². The Bertz CT molecular complexity index is 1600. The quantitative estimate of drug-likeness (QED) is 0.207. The van der Waals surface area contributed by atoms with Gasteiger partial charge in [-0.25, -0.2) is 8.42 Å². The molecule has 7 nitrogen and oxygen atoms in total. The zero-order valence-corrected chi connectivity index (χ0v) is 34.2. The number of carbonyl (C=O) groups is 1. The second-order valence-electron chi connectivity index (χ2n) is 20.3. The van der Waals surface area contributed by atoms with Crippen LogP contribution in [0.15, 0.2) is 35.5 Å². The van der Waals surface area contributed by atoms with Crippen molar-refractivity contribution in [1.82, 2.24) is 10.2 Å². The summed E-state index contributed by atoms with van der Waals surface area (Å²) in [6, 6.07) is 0. The van der Waals surface area contributed by atoms with E-state index in [2.05, 4.69) is 70.5 Å². The molecule has 0 bridgehead atoms. The van der Waals surface area contributed by atoms with E-state index < -0.39 is 21.2 Å². The Morgan fingerprint density at radius 3 is 2.29 bits per heavy atom. The van der Waals surface area contributed by atoms with Gasteiger partial charge >= 0.3 is 5.97 Å². The fraction of sp³-hybridized carbons (Fsp3) is 0.841. The molecule has 52 heavy (non-hydrogen) atoms. The molecule has 5 fully saturated rings. The maximum Gasteiger partial charge on any atom is 0.310 e. The molecule has 292 valence electrons. The smallest absolute Gasteiger partial charge is 0.310 e. The summed E-state index contributed by atoms with van der Waals surface area (Å²) in [5.41, 5.74) is 4.30. The Hall–Kier alpha value is -1.48. The maximum atomic E-state index is 12.3. The Balaban J connectivity index is 1.13. The fourth-order valence-corrected chi connectivity index (χ4v) is 16.2. The minimum Gasteiger partial charge on any atom is -0.481 e. The predicted molar refractivity (Wildman–Crippen MR) is 210 cm³/mol. The van der Waals surface area contributed by atoms with Crippen LogP contribution in [0.1, 0.15) is 125 Å². The van der Waals surface area contributed by atoms with Crippen molar-refractivity contribution in [2.75, 3.05) is 44.3 Å². The lowest BCUT2D eigenvalue weighted by Gasteiger charge is -2.72. The van der Waals surface area contributed by atoms with E-state index in [9.17, 15) is 23.4 Å². The number of carboxylic acids is 1. The van der Waals surface area contributed by atoms with Crippen LogP contribution >= 0.6 is 0 Å². The molecule has 1 aliphatic heterocycles. The van der Waals surface area contributed by atoms with Gasteiger partial charge in [-0.3, -0.25) is 4.79 Å². The van der Waals surface area contributed by atoms with Gasteiger partial charge in [0.2, 0.25) is 0 Å². The van der Waals surface area contributed by atoms with Crippen LogP contribution in [0.3, 0.4) is 0 Å². The zero-order chi connectivity index (χ0) is 37.5. The van der Waals surface area contributed by atoms with Gasteiger partial charge in [0.25, 0.3) is 0 Å². The number of carboxylic acid groups (broad SMARTS) is 1. The van der Waals surface area contributed by atoms with Crippen molar-refractivity contribution in [3.63, 3.8) is 0 Å². The molecule has 4 saturated carbocycles. The molecule has 1 heterocycles.